The normalized spacial score (nSPS) is 29.9. The van der Waals surface area contributed by atoms with E-state index in [4.69, 9.17) is 5.73 Å². The zero-order chi connectivity index (χ0) is 15.8. The van der Waals surface area contributed by atoms with Crippen molar-refractivity contribution in [3.63, 3.8) is 0 Å². The Hall–Kier alpha value is -1.39. The van der Waals surface area contributed by atoms with E-state index in [1.165, 1.54) is 32.2 Å². The number of benzene rings is 1. The highest BCUT2D eigenvalue weighted by Crippen LogP contribution is 2.38. The Morgan fingerprint density at radius 3 is 2.61 bits per heavy atom. The van der Waals surface area contributed by atoms with Crippen molar-refractivity contribution in [2.75, 3.05) is 19.6 Å². The molecule has 2 heterocycles. The molecular formula is C19H27N3O. The highest BCUT2D eigenvalue weighted by Gasteiger charge is 2.43. The van der Waals surface area contributed by atoms with Gasteiger partial charge in [0.15, 0.2) is 0 Å². The second kappa shape index (κ2) is 6.25. The number of piperidine rings is 2. The van der Waals surface area contributed by atoms with Crippen molar-refractivity contribution in [1.82, 2.24) is 9.80 Å². The van der Waals surface area contributed by atoms with Gasteiger partial charge in [0, 0.05) is 25.2 Å². The fourth-order valence-electron chi connectivity index (χ4n) is 4.50. The molecule has 0 spiro atoms. The minimum Gasteiger partial charge on any atom is -0.341 e. The molecule has 0 unspecified atom stereocenters. The molecule has 2 aliphatic heterocycles. The van der Waals surface area contributed by atoms with E-state index in [1.807, 2.05) is 35.2 Å². The third kappa shape index (κ3) is 3.02. The van der Waals surface area contributed by atoms with Crippen LogP contribution in [0.5, 0.6) is 0 Å². The Morgan fingerprint density at radius 1 is 1.09 bits per heavy atom. The van der Waals surface area contributed by atoms with Gasteiger partial charge in [0.1, 0.15) is 6.04 Å². The fraction of sp³-hybridized carbons (Fsp3) is 0.632. The van der Waals surface area contributed by atoms with Crippen molar-refractivity contribution >= 4 is 5.91 Å². The van der Waals surface area contributed by atoms with Gasteiger partial charge in [0.05, 0.1) is 0 Å². The molecule has 4 nitrogen and oxygen atoms in total. The first-order chi connectivity index (χ1) is 11.2. The Bertz CT molecular complexity index is 557. The van der Waals surface area contributed by atoms with E-state index in [1.54, 1.807) is 0 Å². The molecule has 23 heavy (non-hydrogen) atoms. The maximum Gasteiger partial charge on any atom is 0.244 e. The second-order valence-electron chi connectivity index (χ2n) is 7.40. The Kier molecular flexibility index (Phi) is 4.12. The third-order valence-electron chi connectivity index (χ3n) is 5.86. The minimum atomic E-state index is -0.518. The van der Waals surface area contributed by atoms with Crippen molar-refractivity contribution < 1.29 is 4.79 Å². The average molecular weight is 313 g/mol. The van der Waals surface area contributed by atoms with Crippen LogP contribution in [0.15, 0.2) is 30.3 Å². The first-order valence-electron chi connectivity index (χ1n) is 9.09. The summed E-state index contributed by atoms with van der Waals surface area (Å²) in [7, 11) is 0. The summed E-state index contributed by atoms with van der Waals surface area (Å²) < 4.78 is 0. The Labute approximate surface area is 138 Å². The molecule has 3 aliphatic rings. The highest BCUT2D eigenvalue weighted by molar-refractivity contribution is 5.83. The van der Waals surface area contributed by atoms with Crippen molar-refractivity contribution in [2.24, 2.45) is 11.7 Å². The predicted molar refractivity (Wildman–Crippen MR) is 90.8 cm³/mol. The van der Waals surface area contributed by atoms with E-state index >= 15 is 0 Å². The van der Waals surface area contributed by atoms with E-state index in [0.717, 1.165) is 31.1 Å². The number of nitrogens with zero attached hydrogens (tertiary/aromatic N) is 2. The molecule has 3 fully saturated rings. The predicted octanol–water partition coefficient (Wildman–Crippen LogP) is 2.16. The molecule has 1 aromatic carbocycles. The van der Waals surface area contributed by atoms with Crippen molar-refractivity contribution in [3.05, 3.63) is 35.9 Å². The summed E-state index contributed by atoms with van der Waals surface area (Å²) in [5, 5.41) is 0. The lowest BCUT2D eigenvalue weighted by atomic mass is 9.83. The molecule has 0 bridgehead atoms. The second-order valence-corrected chi connectivity index (χ2v) is 7.40. The van der Waals surface area contributed by atoms with E-state index < -0.39 is 6.04 Å². The summed E-state index contributed by atoms with van der Waals surface area (Å²) in [5.41, 5.74) is 7.14. The summed E-state index contributed by atoms with van der Waals surface area (Å²) >= 11 is 0. The van der Waals surface area contributed by atoms with Crippen LogP contribution < -0.4 is 5.73 Å². The van der Waals surface area contributed by atoms with Gasteiger partial charge in [-0.25, -0.2) is 0 Å². The number of hydrogen-bond donors (Lipinski definition) is 1. The van der Waals surface area contributed by atoms with E-state index in [0.29, 0.717) is 12.0 Å². The van der Waals surface area contributed by atoms with Gasteiger partial charge in [-0.05, 0) is 50.1 Å². The molecule has 124 valence electrons. The van der Waals surface area contributed by atoms with E-state index in [9.17, 15) is 4.79 Å². The topological polar surface area (TPSA) is 49.6 Å². The van der Waals surface area contributed by atoms with Crippen molar-refractivity contribution in [1.29, 1.82) is 0 Å². The highest BCUT2D eigenvalue weighted by atomic mass is 16.2. The third-order valence-corrected chi connectivity index (χ3v) is 5.86. The Morgan fingerprint density at radius 2 is 1.87 bits per heavy atom. The van der Waals surface area contributed by atoms with Gasteiger partial charge < -0.3 is 10.6 Å². The van der Waals surface area contributed by atoms with Gasteiger partial charge in [0.2, 0.25) is 5.91 Å². The SMILES string of the molecule is N[C@H](C(=O)N1CC[C@H]2[C@H](CCCN2C2CC2)C1)c1ccccc1. The number of fused-ring (bicyclic) bond motifs is 1. The van der Waals surface area contributed by atoms with Gasteiger partial charge in [-0.2, -0.15) is 0 Å². The summed E-state index contributed by atoms with van der Waals surface area (Å²) in [5.74, 6) is 0.739. The first-order valence-corrected chi connectivity index (χ1v) is 9.09. The largest absolute Gasteiger partial charge is 0.341 e. The Balaban J connectivity index is 1.42. The molecular weight excluding hydrogens is 286 g/mol. The number of likely N-dealkylation sites (tertiary alicyclic amines) is 2. The van der Waals surface area contributed by atoms with Crippen LogP contribution in [0.2, 0.25) is 0 Å². The zero-order valence-electron chi connectivity index (χ0n) is 13.7. The monoisotopic (exact) mass is 313 g/mol. The molecule has 1 aliphatic carbocycles. The lowest BCUT2D eigenvalue weighted by Gasteiger charge is -2.48. The van der Waals surface area contributed by atoms with Crippen LogP contribution in [0.1, 0.15) is 43.7 Å². The zero-order valence-corrected chi connectivity index (χ0v) is 13.7. The van der Waals surface area contributed by atoms with Crippen LogP contribution >= 0.6 is 0 Å². The van der Waals surface area contributed by atoms with Crippen LogP contribution in [-0.2, 0) is 4.79 Å². The molecule has 0 aromatic heterocycles. The van der Waals surface area contributed by atoms with Crippen LogP contribution in [-0.4, -0.2) is 47.4 Å². The maximum absolute atomic E-state index is 12.8. The molecule has 2 N–H and O–H groups in total. The van der Waals surface area contributed by atoms with Gasteiger partial charge in [-0.15, -0.1) is 0 Å². The molecule has 0 radical (unpaired) electrons. The number of carbonyl (C=O) groups is 1. The van der Waals surface area contributed by atoms with Gasteiger partial charge in [-0.3, -0.25) is 9.69 Å². The molecule has 1 saturated carbocycles. The fourth-order valence-corrected chi connectivity index (χ4v) is 4.50. The summed E-state index contributed by atoms with van der Waals surface area (Å²) in [6.45, 7) is 3.03. The summed E-state index contributed by atoms with van der Waals surface area (Å²) in [6.07, 6.45) is 6.42. The van der Waals surface area contributed by atoms with Crippen LogP contribution in [0.3, 0.4) is 0 Å². The molecule has 4 heteroatoms. The maximum atomic E-state index is 12.8. The standard InChI is InChI=1S/C19H27N3O/c20-18(14-5-2-1-3-6-14)19(23)21-12-10-17-15(13-21)7-4-11-22(17)16-8-9-16/h1-3,5-6,15-18H,4,7-13,20H2/t15-,17+,18+/m1/s1. The number of carbonyl (C=O) groups excluding carboxylic acids is 1. The number of amides is 1. The smallest absolute Gasteiger partial charge is 0.244 e. The molecule has 3 atom stereocenters. The summed E-state index contributed by atoms with van der Waals surface area (Å²) in [6, 6.07) is 10.8. The quantitative estimate of drug-likeness (QED) is 0.930. The van der Waals surface area contributed by atoms with Crippen LogP contribution in [0, 0.1) is 5.92 Å². The van der Waals surface area contributed by atoms with E-state index in [2.05, 4.69) is 4.90 Å². The molecule has 1 aromatic rings. The van der Waals surface area contributed by atoms with Gasteiger partial charge in [-0.1, -0.05) is 30.3 Å². The number of hydrogen-bond acceptors (Lipinski definition) is 3. The molecule has 2 saturated heterocycles. The lowest BCUT2D eigenvalue weighted by Crippen LogP contribution is -2.56. The lowest BCUT2D eigenvalue weighted by molar-refractivity contribution is -0.136. The van der Waals surface area contributed by atoms with Crippen molar-refractivity contribution in [2.45, 2.75) is 50.2 Å². The van der Waals surface area contributed by atoms with Gasteiger partial charge >= 0.3 is 0 Å². The number of rotatable bonds is 3. The first kappa shape index (κ1) is 15.2. The van der Waals surface area contributed by atoms with Crippen LogP contribution in [0.4, 0.5) is 0 Å². The van der Waals surface area contributed by atoms with Crippen molar-refractivity contribution in [3.8, 4) is 0 Å². The van der Waals surface area contributed by atoms with E-state index in [-0.39, 0.29) is 5.91 Å². The van der Waals surface area contributed by atoms with Gasteiger partial charge in [0.25, 0.3) is 0 Å². The summed E-state index contributed by atoms with van der Waals surface area (Å²) in [4.78, 5) is 17.6. The average Bonchev–Trinajstić information content (AvgIpc) is 3.45. The number of nitrogens with two attached hydrogens (primary N) is 1. The molecule has 4 rings (SSSR count). The van der Waals surface area contributed by atoms with Crippen LogP contribution in [0.25, 0.3) is 0 Å². The minimum absolute atomic E-state index is 0.0956. The molecule has 1 amide bonds.